The number of ether oxygens (including phenoxy) is 1. The van der Waals surface area contributed by atoms with Crippen LogP contribution in [0.5, 0.6) is 0 Å². The van der Waals surface area contributed by atoms with Gasteiger partial charge < -0.3 is 15.4 Å². The van der Waals surface area contributed by atoms with Crippen molar-refractivity contribution in [3.63, 3.8) is 0 Å². The van der Waals surface area contributed by atoms with Crippen LogP contribution in [0.1, 0.15) is 24.3 Å². The van der Waals surface area contributed by atoms with E-state index in [9.17, 15) is 13.2 Å². The molecule has 9 heteroatoms. The number of piperidine rings is 1. The SMILES string of the molecule is NCCCOC1CCN(c2nnc(C(F)(F)F)s2)CC1. The van der Waals surface area contributed by atoms with Gasteiger partial charge in [-0.2, -0.15) is 13.2 Å². The fourth-order valence-corrected chi connectivity index (χ4v) is 2.77. The van der Waals surface area contributed by atoms with E-state index in [0.29, 0.717) is 42.7 Å². The van der Waals surface area contributed by atoms with Crippen LogP contribution in [0, 0.1) is 0 Å². The topological polar surface area (TPSA) is 64.3 Å². The second-order valence-electron chi connectivity index (χ2n) is 4.59. The zero-order chi connectivity index (χ0) is 14.6. The van der Waals surface area contributed by atoms with E-state index < -0.39 is 11.2 Å². The summed E-state index contributed by atoms with van der Waals surface area (Å²) in [4.78, 5) is 1.83. The van der Waals surface area contributed by atoms with Gasteiger partial charge in [0.05, 0.1) is 6.10 Å². The number of alkyl halides is 3. The summed E-state index contributed by atoms with van der Waals surface area (Å²) >= 11 is 0.590. The average Bonchev–Trinajstić information content (AvgIpc) is 2.89. The zero-order valence-electron chi connectivity index (χ0n) is 10.9. The molecule has 0 bridgehead atoms. The van der Waals surface area contributed by atoms with Gasteiger partial charge in [0.2, 0.25) is 10.1 Å². The first kappa shape index (κ1) is 15.5. The summed E-state index contributed by atoms with van der Waals surface area (Å²) in [5, 5.41) is 6.26. The summed E-state index contributed by atoms with van der Waals surface area (Å²) in [6, 6.07) is 0. The van der Waals surface area contributed by atoms with E-state index >= 15 is 0 Å². The molecule has 0 aromatic carbocycles. The van der Waals surface area contributed by atoms with E-state index in [1.807, 2.05) is 4.90 Å². The maximum absolute atomic E-state index is 12.5. The van der Waals surface area contributed by atoms with Crippen LogP contribution in [0.4, 0.5) is 18.3 Å². The van der Waals surface area contributed by atoms with Crippen LogP contribution in [-0.2, 0) is 10.9 Å². The molecule has 114 valence electrons. The molecular formula is C11H17F3N4OS. The van der Waals surface area contributed by atoms with Gasteiger partial charge in [0.15, 0.2) is 0 Å². The van der Waals surface area contributed by atoms with Gasteiger partial charge in [0.25, 0.3) is 0 Å². The number of aromatic nitrogens is 2. The maximum Gasteiger partial charge on any atom is 0.445 e. The van der Waals surface area contributed by atoms with E-state index in [-0.39, 0.29) is 6.10 Å². The Kier molecular flexibility index (Phi) is 5.17. The summed E-state index contributed by atoms with van der Waals surface area (Å²) in [5.41, 5.74) is 5.39. The van der Waals surface area contributed by atoms with Gasteiger partial charge in [-0.15, -0.1) is 10.2 Å². The first-order valence-electron chi connectivity index (χ1n) is 6.48. The van der Waals surface area contributed by atoms with Gasteiger partial charge in [-0.1, -0.05) is 11.3 Å². The first-order chi connectivity index (χ1) is 9.50. The average molecular weight is 310 g/mol. The molecular weight excluding hydrogens is 293 g/mol. The molecule has 0 atom stereocenters. The molecule has 5 nitrogen and oxygen atoms in total. The van der Waals surface area contributed by atoms with Crippen molar-refractivity contribution in [2.45, 2.75) is 31.5 Å². The highest BCUT2D eigenvalue weighted by Crippen LogP contribution is 2.35. The van der Waals surface area contributed by atoms with Crippen molar-refractivity contribution < 1.29 is 17.9 Å². The van der Waals surface area contributed by atoms with Crippen LogP contribution in [0.2, 0.25) is 0 Å². The van der Waals surface area contributed by atoms with Crippen LogP contribution in [0.15, 0.2) is 0 Å². The van der Waals surface area contributed by atoms with E-state index in [4.69, 9.17) is 10.5 Å². The van der Waals surface area contributed by atoms with Gasteiger partial charge >= 0.3 is 6.18 Å². The minimum Gasteiger partial charge on any atom is -0.378 e. The lowest BCUT2D eigenvalue weighted by Gasteiger charge is -2.31. The minimum atomic E-state index is -4.42. The Bertz CT molecular complexity index is 418. The number of halogens is 3. The van der Waals surface area contributed by atoms with Crippen molar-refractivity contribution in [2.75, 3.05) is 31.1 Å². The van der Waals surface area contributed by atoms with E-state index in [1.165, 1.54) is 0 Å². The molecule has 1 aliphatic rings. The van der Waals surface area contributed by atoms with E-state index in [1.54, 1.807) is 0 Å². The van der Waals surface area contributed by atoms with Crippen molar-refractivity contribution in [1.82, 2.24) is 10.2 Å². The highest BCUT2D eigenvalue weighted by atomic mass is 32.1. The summed E-state index contributed by atoms with van der Waals surface area (Å²) in [7, 11) is 0. The molecule has 1 fully saturated rings. The van der Waals surface area contributed by atoms with E-state index in [2.05, 4.69) is 10.2 Å². The third-order valence-electron chi connectivity index (χ3n) is 3.07. The normalized spacial score (nSPS) is 17.7. The fraction of sp³-hybridized carbons (Fsp3) is 0.818. The maximum atomic E-state index is 12.5. The van der Waals surface area contributed by atoms with Gasteiger partial charge in [0.1, 0.15) is 0 Å². The van der Waals surface area contributed by atoms with Crippen molar-refractivity contribution in [3.05, 3.63) is 5.01 Å². The van der Waals surface area contributed by atoms with Crippen LogP contribution >= 0.6 is 11.3 Å². The Morgan fingerprint density at radius 3 is 2.55 bits per heavy atom. The molecule has 2 rings (SSSR count). The number of anilines is 1. The van der Waals surface area contributed by atoms with Crippen LogP contribution in [0.3, 0.4) is 0 Å². The lowest BCUT2D eigenvalue weighted by molar-refractivity contribution is -0.138. The molecule has 1 aliphatic heterocycles. The molecule has 0 amide bonds. The Labute approximate surface area is 118 Å². The second-order valence-corrected chi connectivity index (χ2v) is 5.54. The highest BCUT2D eigenvalue weighted by molar-refractivity contribution is 7.15. The van der Waals surface area contributed by atoms with Crippen molar-refractivity contribution in [1.29, 1.82) is 0 Å². The number of hydrogen-bond acceptors (Lipinski definition) is 6. The first-order valence-corrected chi connectivity index (χ1v) is 7.29. The van der Waals surface area contributed by atoms with Crippen molar-refractivity contribution in [2.24, 2.45) is 5.73 Å². The molecule has 0 spiro atoms. The fourth-order valence-electron chi connectivity index (χ4n) is 2.00. The smallest absolute Gasteiger partial charge is 0.378 e. The number of nitrogens with zero attached hydrogens (tertiary/aromatic N) is 3. The van der Waals surface area contributed by atoms with Crippen LogP contribution in [0.25, 0.3) is 0 Å². The molecule has 0 saturated carbocycles. The lowest BCUT2D eigenvalue weighted by atomic mass is 10.1. The Morgan fingerprint density at radius 1 is 1.30 bits per heavy atom. The molecule has 2 heterocycles. The molecule has 0 aliphatic carbocycles. The van der Waals surface area contributed by atoms with Gasteiger partial charge in [-0.3, -0.25) is 0 Å². The molecule has 1 saturated heterocycles. The molecule has 0 radical (unpaired) electrons. The third kappa shape index (κ3) is 4.03. The van der Waals surface area contributed by atoms with Gasteiger partial charge in [0, 0.05) is 19.7 Å². The van der Waals surface area contributed by atoms with Gasteiger partial charge in [-0.25, -0.2) is 0 Å². The number of rotatable bonds is 5. The summed E-state index contributed by atoms with van der Waals surface area (Å²) in [6.07, 6.45) is -1.87. The molecule has 1 aromatic heterocycles. The standard InChI is InChI=1S/C11H17F3N4OS/c12-11(13,14)9-16-17-10(20-9)18-5-2-8(3-6-18)19-7-1-4-15/h8H,1-7,15H2. The lowest BCUT2D eigenvalue weighted by Crippen LogP contribution is -2.37. The van der Waals surface area contributed by atoms with E-state index in [0.717, 1.165) is 19.3 Å². The summed E-state index contributed by atoms with van der Waals surface area (Å²) < 4.78 is 43.0. The Balaban J connectivity index is 1.83. The third-order valence-corrected chi connectivity index (χ3v) is 4.10. The second kappa shape index (κ2) is 6.68. The summed E-state index contributed by atoms with van der Waals surface area (Å²) in [6.45, 7) is 2.52. The van der Waals surface area contributed by atoms with Crippen LogP contribution < -0.4 is 10.6 Å². The Hall–Kier alpha value is -0.930. The largest absolute Gasteiger partial charge is 0.445 e. The molecule has 0 unspecified atom stereocenters. The predicted octanol–water partition coefficient (Wildman–Crippen LogP) is 1.89. The van der Waals surface area contributed by atoms with Crippen LogP contribution in [-0.4, -0.2) is 42.5 Å². The molecule has 1 aromatic rings. The molecule has 20 heavy (non-hydrogen) atoms. The van der Waals surface area contributed by atoms with Gasteiger partial charge in [-0.05, 0) is 25.8 Å². The predicted molar refractivity (Wildman–Crippen MR) is 69.8 cm³/mol. The quantitative estimate of drug-likeness (QED) is 0.842. The summed E-state index contributed by atoms with van der Waals surface area (Å²) in [5.74, 6) is 0. The zero-order valence-corrected chi connectivity index (χ0v) is 11.7. The molecule has 2 N–H and O–H groups in total. The number of nitrogens with two attached hydrogens (primary N) is 1. The monoisotopic (exact) mass is 310 g/mol. The highest BCUT2D eigenvalue weighted by Gasteiger charge is 2.36. The number of hydrogen-bond donors (Lipinski definition) is 1. The minimum absolute atomic E-state index is 0.160. The Morgan fingerprint density at radius 2 is 2.00 bits per heavy atom. The van der Waals surface area contributed by atoms with Crippen molar-refractivity contribution >= 4 is 16.5 Å². The van der Waals surface area contributed by atoms with Crippen molar-refractivity contribution in [3.8, 4) is 0 Å².